The van der Waals surface area contributed by atoms with Crippen LogP contribution in [0.3, 0.4) is 0 Å². The number of halogens is 1. The fraction of sp³-hybridized carbons (Fsp3) is 0.111. The SMILES string of the molecule is OCc1cccc(Cl)c1Sc1ncns1. The third-order valence-corrected chi connectivity index (χ3v) is 4.08. The van der Waals surface area contributed by atoms with Gasteiger partial charge in [-0.3, -0.25) is 0 Å². The van der Waals surface area contributed by atoms with Gasteiger partial charge in [0.1, 0.15) is 6.33 Å². The summed E-state index contributed by atoms with van der Waals surface area (Å²) in [6.45, 7) is -0.0261. The Kier molecular flexibility index (Phi) is 3.58. The monoisotopic (exact) mass is 258 g/mol. The molecule has 0 aliphatic carbocycles. The van der Waals surface area contributed by atoms with Crippen molar-refractivity contribution in [3.8, 4) is 0 Å². The van der Waals surface area contributed by atoms with Gasteiger partial charge < -0.3 is 5.11 Å². The van der Waals surface area contributed by atoms with E-state index < -0.39 is 0 Å². The minimum atomic E-state index is -0.0261. The lowest BCUT2D eigenvalue weighted by atomic mass is 10.2. The molecule has 0 unspecified atom stereocenters. The van der Waals surface area contributed by atoms with E-state index in [0.29, 0.717) is 5.02 Å². The van der Waals surface area contributed by atoms with Crippen LogP contribution in [0.15, 0.2) is 33.8 Å². The van der Waals surface area contributed by atoms with Crippen molar-refractivity contribution in [3.63, 3.8) is 0 Å². The zero-order chi connectivity index (χ0) is 10.7. The van der Waals surface area contributed by atoms with E-state index in [4.69, 9.17) is 16.7 Å². The van der Waals surface area contributed by atoms with Crippen molar-refractivity contribution in [3.05, 3.63) is 35.1 Å². The fourth-order valence-corrected chi connectivity index (χ4v) is 2.91. The maximum absolute atomic E-state index is 9.17. The summed E-state index contributed by atoms with van der Waals surface area (Å²) in [5.41, 5.74) is 0.808. The molecule has 0 saturated heterocycles. The Morgan fingerprint density at radius 2 is 2.33 bits per heavy atom. The first-order valence-electron chi connectivity index (χ1n) is 4.14. The minimum absolute atomic E-state index is 0.0261. The van der Waals surface area contributed by atoms with Gasteiger partial charge in [-0.1, -0.05) is 35.5 Å². The van der Waals surface area contributed by atoms with E-state index in [-0.39, 0.29) is 6.61 Å². The number of benzene rings is 1. The molecule has 1 aromatic carbocycles. The van der Waals surface area contributed by atoms with Gasteiger partial charge in [-0.15, -0.1) is 0 Å². The van der Waals surface area contributed by atoms with Gasteiger partial charge in [0.2, 0.25) is 0 Å². The maximum atomic E-state index is 9.17. The standard InChI is InChI=1S/C9H7ClN2OS2/c10-7-3-1-2-6(4-13)8(7)14-9-11-5-12-15-9/h1-3,5,13H,4H2. The maximum Gasteiger partial charge on any atom is 0.174 e. The largest absolute Gasteiger partial charge is 0.392 e. The van der Waals surface area contributed by atoms with Crippen molar-refractivity contribution in [2.24, 2.45) is 0 Å². The van der Waals surface area contributed by atoms with Crippen molar-refractivity contribution in [1.29, 1.82) is 0 Å². The summed E-state index contributed by atoms with van der Waals surface area (Å²) < 4.78 is 4.73. The molecule has 78 valence electrons. The number of hydrogen-bond donors (Lipinski definition) is 1. The first kappa shape index (κ1) is 10.9. The van der Waals surface area contributed by atoms with Gasteiger partial charge in [0.25, 0.3) is 0 Å². The van der Waals surface area contributed by atoms with Gasteiger partial charge in [-0.2, -0.15) is 4.37 Å². The van der Waals surface area contributed by atoms with Crippen LogP contribution in [0.2, 0.25) is 5.02 Å². The molecule has 0 atom stereocenters. The normalized spacial score (nSPS) is 10.5. The van der Waals surface area contributed by atoms with E-state index in [2.05, 4.69) is 9.36 Å². The second kappa shape index (κ2) is 4.94. The summed E-state index contributed by atoms with van der Waals surface area (Å²) in [5, 5.41) is 9.79. The van der Waals surface area contributed by atoms with Gasteiger partial charge in [0, 0.05) is 4.90 Å². The molecule has 0 radical (unpaired) electrons. The molecule has 2 rings (SSSR count). The fourth-order valence-electron chi connectivity index (χ4n) is 1.09. The summed E-state index contributed by atoms with van der Waals surface area (Å²) in [5.74, 6) is 0. The van der Waals surface area contributed by atoms with Crippen LogP contribution in [0.25, 0.3) is 0 Å². The van der Waals surface area contributed by atoms with Crippen molar-refractivity contribution in [2.75, 3.05) is 0 Å². The van der Waals surface area contributed by atoms with Gasteiger partial charge in [-0.05, 0) is 23.2 Å². The van der Waals surface area contributed by atoms with Gasteiger partial charge in [0.15, 0.2) is 4.34 Å². The van der Waals surface area contributed by atoms with Crippen LogP contribution in [-0.2, 0) is 6.61 Å². The van der Waals surface area contributed by atoms with Crippen molar-refractivity contribution in [1.82, 2.24) is 9.36 Å². The van der Waals surface area contributed by atoms with Crippen LogP contribution >= 0.6 is 34.9 Å². The molecule has 6 heteroatoms. The highest BCUT2D eigenvalue weighted by atomic mass is 35.5. The molecular formula is C9H7ClN2OS2. The highest BCUT2D eigenvalue weighted by Gasteiger charge is 2.09. The molecule has 0 spiro atoms. The zero-order valence-corrected chi connectivity index (χ0v) is 9.94. The average molecular weight is 259 g/mol. The minimum Gasteiger partial charge on any atom is -0.392 e. The average Bonchev–Trinajstić information content (AvgIpc) is 2.74. The lowest BCUT2D eigenvalue weighted by Crippen LogP contribution is -1.87. The molecule has 0 aliphatic rings. The zero-order valence-electron chi connectivity index (χ0n) is 7.55. The quantitative estimate of drug-likeness (QED) is 0.920. The Balaban J connectivity index is 2.34. The van der Waals surface area contributed by atoms with Crippen LogP contribution < -0.4 is 0 Å². The van der Waals surface area contributed by atoms with E-state index in [0.717, 1.165) is 14.8 Å². The molecule has 0 amide bonds. The van der Waals surface area contributed by atoms with Crippen molar-refractivity contribution < 1.29 is 5.11 Å². The smallest absolute Gasteiger partial charge is 0.174 e. The lowest BCUT2D eigenvalue weighted by molar-refractivity contribution is 0.279. The van der Waals surface area contributed by atoms with Crippen molar-refractivity contribution >= 4 is 34.9 Å². The number of nitrogens with zero attached hydrogens (tertiary/aromatic N) is 2. The topological polar surface area (TPSA) is 46.0 Å². The molecule has 1 heterocycles. The van der Waals surface area contributed by atoms with Crippen LogP contribution in [0, 0.1) is 0 Å². The number of aliphatic hydroxyl groups is 1. The highest BCUT2D eigenvalue weighted by Crippen LogP contribution is 2.36. The summed E-state index contributed by atoms with van der Waals surface area (Å²) >= 11 is 8.78. The second-order valence-corrected chi connectivity index (χ2v) is 5.14. The van der Waals surface area contributed by atoms with E-state index in [1.807, 2.05) is 12.1 Å². The van der Waals surface area contributed by atoms with E-state index in [1.165, 1.54) is 29.6 Å². The van der Waals surface area contributed by atoms with Crippen LogP contribution in [0.1, 0.15) is 5.56 Å². The third kappa shape index (κ3) is 2.49. The Morgan fingerprint density at radius 1 is 1.47 bits per heavy atom. The van der Waals surface area contributed by atoms with Crippen LogP contribution in [0.4, 0.5) is 0 Å². The van der Waals surface area contributed by atoms with Crippen LogP contribution in [0.5, 0.6) is 0 Å². The summed E-state index contributed by atoms with van der Waals surface area (Å²) in [6, 6.07) is 5.46. The van der Waals surface area contributed by atoms with Crippen LogP contribution in [-0.4, -0.2) is 14.5 Å². The Labute approximate surface area is 100 Å². The Morgan fingerprint density at radius 3 is 3.00 bits per heavy atom. The number of aliphatic hydroxyl groups excluding tert-OH is 1. The second-order valence-electron chi connectivity index (χ2n) is 2.70. The first-order valence-corrected chi connectivity index (χ1v) is 6.11. The molecular weight excluding hydrogens is 252 g/mol. The predicted octanol–water partition coefficient (Wildman–Crippen LogP) is 2.84. The molecule has 0 aliphatic heterocycles. The molecule has 2 aromatic rings. The van der Waals surface area contributed by atoms with Gasteiger partial charge >= 0.3 is 0 Å². The molecule has 3 nitrogen and oxygen atoms in total. The molecule has 1 N–H and O–H groups in total. The number of rotatable bonds is 3. The molecule has 0 bridgehead atoms. The van der Waals surface area contributed by atoms with Gasteiger partial charge in [-0.25, -0.2) is 4.98 Å². The Bertz CT molecular complexity index is 447. The third-order valence-electron chi connectivity index (χ3n) is 1.75. The highest BCUT2D eigenvalue weighted by molar-refractivity contribution is 8.01. The summed E-state index contributed by atoms with van der Waals surface area (Å²) in [7, 11) is 0. The molecule has 1 aromatic heterocycles. The molecule has 0 fully saturated rings. The van der Waals surface area contributed by atoms with Crippen molar-refractivity contribution in [2.45, 2.75) is 15.8 Å². The molecule has 0 saturated carbocycles. The number of aromatic nitrogens is 2. The predicted molar refractivity (Wildman–Crippen MR) is 61.4 cm³/mol. The molecule has 15 heavy (non-hydrogen) atoms. The van der Waals surface area contributed by atoms with Gasteiger partial charge in [0.05, 0.1) is 11.6 Å². The first-order chi connectivity index (χ1) is 7.31. The van der Waals surface area contributed by atoms with E-state index in [9.17, 15) is 0 Å². The lowest BCUT2D eigenvalue weighted by Gasteiger charge is -2.06. The van der Waals surface area contributed by atoms with E-state index in [1.54, 1.807) is 6.07 Å². The Hall–Kier alpha value is -0.620. The summed E-state index contributed by atoms with van der Waals surface area (Å²) in [4.78, 5) is 4.90. The summed E-state index contributed by atoms with van der Waals surface area (Å²) in [6.07, 6.45) is 1.50. The van der Waals surface area contributed by atoms with E-state index >= 15 is 0 Å². The number of hydrogen-bond acceptors (Lipinski definition) is 5.